The van der Waals surface area contributed by atoms with Crippen LogP contribution in [-0.4, -0.2) is 70.1 Å². The van der Waals surface area contributed by atoms with Crippen molar-refractivity contribution in [2.24, 2.45) is 0 Å². The van der Waals surface area contributed by atoms with Gasteiger partial charge in [0.25, 0.3) is 0 Å². The van der Waals surface area contributed by atoms with Crippen molar-refractivity contribution in [1.29, 1.82) is 0 Å². The number of carbonyl (C=O) groups is 2. The SMILES string of the molecule is CNc1cc(COC(C)=O)ccc1O[C@@H]1OC(C(=O)O)[C@@H](O)[C@H](O)[C@H]1O. The molecule has 0 spiro atoms. The van der Waals surface area contributed by atoms with Gasteiger partial charge in [-0.1, -0.05) is 6.07 Å². The molecule has 1 aliphatic rings. The van der Waals surface area contributed by atoms with Crippen LogP contribution in [0.2, 0.25) is 0 Å². The third-order valence-corrected chi connectivity index (χ3v) is 3.81. The van der Waals surface area contributed by atoms with Crippen LogP contribution in [-0.2, 0) is 25.7 Å². The molecule has 144 valence electrons. The molecule has 1 fully saturated rings. The minimum absolute atomic E-state index is 0.0544. The van der Waals surface area contributed by atoms with E-state index in [1.807, 2.05) is 0 Å². The predicted molar refractivity (Wildman–Crippen MR) is 86.4 cm³/mol. The largest absolute Gasteiger partial charge is 0.479 e. The molecule has 2 rings (SSSR count). The molecule has 0 radical (unpaired) electrons. The smallest absolute Gasteiger partial charge is 0.335 e. The second-order valence-electron chi connectivity index (χ2n) is 5.71. The van der Waals surface area contributed by atoms with Gasteiger partial charge in [0, 0.05) is 14.0 Å². The van der Waals surface area contributed by atoms with Gasteiger partial charge in [-0.2, -0.15) is 0 Å². The number of carbonyl (C=O) groups excluding carboxylic acids is 1. The number of nitrogens with one attached hydrogen (secondary N) is 1. The van der Waals surface area contributed by atoms with Crippen LogP contribution in [0.25, 0.3) is 0 Å². The van der Waals surface area contributed by atoms with Crippen LogP contribution in [0.1, 0.15) is 12.5 Å². The highest BCUT2D eigenvalue weighted by Crippen LogP contribution is 2.30. The van der Waals surface area contributed by atoms with E-state index in [-0.39, 0.29) is 12.4 Å². The van der Waals surface area contributed by atoms with E-state index in [1.54, 1.807) is 19.2 Å². The normalized spacial score (nSPS) is 28.3. The van der Waals surface area contributed by atoms with Crippen LogP contribution >= 0.6 is 0 Å². The fourth-order valence-corrected chi connectivity index (χ4v) is 2.42. The van der Waals surface area contributed by atoms with E-state index < -0.39 is 42.6 Å². The molecule has 0 amide bonds. The van der Waals surface area contributed by atoms with Gasteiger partial charge in [-0.05, 0) is 17.7 Å². The van der Waals surface area contributed by atoms with Gasteiger partial charge in [-0.15, -0.1) is 0 Å². The monoisotopic (exact) mass is 371 g/mol. The summed E-state index contributed by atoms with van der Waals surface area (Å²) in [5, 5.41) is 41.4. The van der Waals surface area contributed by atoms with Gasteiger partial charge >= 0.3 is 11.9 Å². The molecule has 5 atom stereocenters. The fraction of sp³-hybridized carbons (Fsp3) is 0.500. The summed E-state index contributed by atoms with van der Waals surface area (Å²) in [6, 6.07) is 4.75. The number of carboxylic acid groups (broad SMARTS) is 1. The van der Waals surface area contributed by atoms with E-state index in [0.29, 0.717) is 11.3 Å². The number of rotatable bonds is 6. The molecule has 5 N–H and O–H groups in total. The number of aliphatic carboxylic acids is 1. The number of benzene rings is 1. The zero-order valence-corrected chi connectivity index (χ0v) is 14.2. The lowest BCUT2D eigenvalue weighted by Gasteiger charge is -2.38. The lowest BCUT2D eigenvalue weighted by atomic mass is 9.99. The molecule has 0 bridgehead atoms. The van der Waals surface area contributed by atoms with Crippen molar-refractivity contribution in [2.75, 3.05) is 12.4 Å². The summed E-state index contributed by atoms with van der Waals surface area (Å²) in [4.78, 5) is 22.0. The number of hydrogen-bond acceptors (Lipinski definition) is 9. The predicted octanol–water partition coefficient (Wildman–Crippen LogP) is -0.938. The average molecular weight is 371 g/mol. The number of hydrogen-bond donors (Lipinski definition) is 5. The highest BCUT2D eigenvalue weighted by Gasteiger charge is 2.48. The van der Waals surface area contributed by atoms with Gasteiger partial charge in [0.05, 0.1) is 5.69 Å². The Labute approximate surface area is 148 Å². The fourth-order valence-electron chi connectivity index (χ4n) is 2.42. The maximum absolute atomic E-state index is 11.1. The topological polar surface area (TPSA) is 155 Å². The molecule has 0 aliphatic carbocycles. The Morgan fingerprint density at radius 1 is 1.19 bits per heavy atom. The van der Waals surface area contributed by atoms with Crippen LogP contribution in [0, 0.1) is 0 Å². The standard InChI is InChI=1S/C16H21NO9/c1-7(18)24-6-8-3-4-10(9(5-8)17-2)25-16-13(21)11(19)12(20)14(26-16)15(22)23/h3-5,11-14,16-17,19-21H,6H2,1-2H3,(H,22,23)/t11-,12-,13+,14?,16+/m0/s1. The molecule has 1 saturated heterocycles. The highest BCUT2D eigenvalue weighted by molar-refractivity contribution is 5.73. The van der Waals surface area contributed by atoms with Crippen molar-refractivity contribution in [3.8, 4) is 5.75 Å². The Bertz CT molecular complexity index is 665. The van der Waals surface area contributed by atoms with Gasteiger partial charge in [0.2, 0.25) is 6.29 Å². The van der Waals surface area contributed by atoms with E-state index in [4.69, 9.17) is 19.3 Å². The lowest BCUT2D eigenvalue weighted by Crippen LogP contribution is -2.61. The van der Waals surface area contributed by atoms with Crippen LogP contribution in [0.15, 0.2) is 18.2 Å². The number of aliphatic hydroxyl groups is 3. The summed E-state index contributed by atoms with van der Waals surface area (Å²) in [5.41, 5.74) is 1.12. The molecule has 1 aliphatic heterocycles. The Hall–Kier alpha value is -2.40. The third-order valence-electron chi connectivity index (χ3n) is 3.81. The molecular formula is C16H21NO9. The Morgan fingerprint density at radius 3 is 2.46 bits per heavy atom. The summed E-state index contributed by atoms with van der Waals surface area (Å²) in [7, 11) is 1.61. The lowest BCUT2D eigenvalue weighted by molar-refractivity contribution is -0.271. The van der Waals surface area contributed by atoms with Gasteiger partial charge in [-0.25, -0.2) is 4.79 Å². The molecule has 1 unspecified atom stereocenters. The summed E-state index contributed by atoms with van der Waals surface area (Å²) in [5.74, 6) is -1.72. The van der Waals surface area contributed by atoms with Gasteiger partial charge < -0.3 is 40.0 Å². The van der Waals surface area contributed by atoms with Crippen LogP contribution in [0.4, 0.5) is 5.69 Å². The molecule has 26 heavy (non-hydrogen) atoms. The summed E-state index contributed by atoms with van der Waals surface area (Å²) >= 11 is 0. The van der Waals surface area contributed by atoms with Crippen molar-refractivity contribution in [3.05, 3.63) is 23.8 Å². The quantitative estimate of drug-likeness (QED) is 0.396. The van der Waals surface area contributed by atoms with Crippen molar-refractivity contribution in [3.63, 3.8) is 0 Å². The zero-order chi connectivity index (χ0) is 19.4. The van der Waals surface area contributed by atoms with E-state index >= 15 is 0 Å². The summed E-state index contributed by atoms with van der Waals surface area (Å²) in [6.45, 7) is 1.34. The summed E-state index contributed by atoms with van der Waals surface area (Å²) < 4.78 is 15.5. The molecule has 10 nitrogen and oxygen atoms in total. The second-order valence-corrected chi connectivity index (χ2v) is 5.71. The molecule has 1 aromatic carbocycles. The van der Waals surface area contributed by atoms with Crippen molar-refractivity contribution < 1.29 is 44.2 Å². The number of aliphatic hydroxyl groups excluding tert-OH is 3. The number of esters is 1. The molecule has 0 saturated carbocycles. The summed E-state index contributed by atoms with van der Waals surface area (Å²) in [6.07, 6.45) is -8.47. The van der Waals surface area contributed by atoms with Crippen molar-refractivity contribution >= 4 is 17.6 Å². The Balaban J connectivity index is 2.18. The Kier molecular flexibility index (Phi) is 6.37. The first-order chi connectivity index (χ1) is 12.2. The van der Waals surface area contributed by atoms with E-state index in [1.165, 1.54) is 13.0 Å². The van der Waals surface area contributed by atoms with Gasteiger partial charge in [-0.3, -0.25) is 4.79 Å². The molecule has 1 aromatic rings. The van der Waals surface area contributed by atoms with Crippen LogP contribution < -0.4 is 10.1 Å². The minimum atomic E-state index is -1.79. The van der Waals surface area contributed by atoms with Gasteiger partial charge in [0.1, 0.15) is 30.7 Å². The van der Waals surface area contributed by atoms with E-state index in [2.05, 4.69) is 5.32 Å². The third kappa shape index (κ3) is 4.41. The average Bonchev–Trinajstić information content (AvgIpc) is 2.60. The maximum atomic E-state index is 11.1. The van der Waals surface area contributed by atoms with Crippen LogP contribution in [0.5, 0.6) is 5.75 Å². The highest BCUT2D eigenvalue weighted by atomic mass is 16.7. The molecule has 10 heteroatoms. The number of carboxylic acids is 1. The maximum Gasteiger partial charge on any atom is 0.335 e. The zero-order valence-electron chi connectivity index (χ0n) is 14.2. The first-order valence-electron chi connectivity index (χ1n) is 7.77. The molecule has 0 aromatic heterocycles. The minimum Gasteiger partial charge on any atom is -0.479 e. The van der Waals surface area contributed by atoms with E-state index in [0.717, 1.165) is 0 Å². The van der Waals surface area contributed by atoms with E-state index in [9.17, 15) is 24.9 Å². The number of anilines is 1. The van der Waals surface area contributed by atoms with Crippen molar-refractivity contribution in [1.82, 2.24) is 0 Å². The Morgan fingerprint density at radius 2 is 1.88 bits per heavy atom. The second kappa shape index (κ2) is 8.32. The van der Waals surface area contributed by atoms with Crippen molar-refractivity contribution in [2.45, 2.75) is 44.2 Å². The molecular weight excluding hydrogens is 350 g/mol. The molecule has 1 heterocycles. The first kappa shape index (κ1) is 19.9. The van der Waals surface area contributed by atoms with Crippen LogP contribution in [0.3, 0.4) is 0 Å². The number of ether oxygens (including phenoxy) is 3. The first-order valence-corrected chi connectivity index (χ1v) is 7.77. The van der Waals surface area contributed by atoms with Gasteiger partial charge in [0.15, 0.2) is 6.10 Å².